The molecule has 4 nitrogen and oxygen atoms in total. The molecule has 1 fully saturated rings. The average Bonchev–Trinajstić information content (AvgIpc) is 2.39. The predicted molar refractivity (Wildman–Crippen MR) is 85.7 cm³/mol. The van der Waals surface area contributed by atoms with Gasteiger partial charge in [0, 0.05) is 26.7 Å². The molecule has 0 aromatic heterocycles. The van der Waals surface area contributed by atoms with Crippen LogP contribution in [0.1, 0.15) is 39.0 Å². The largest absolute Gasteiger partial charge is 0.381 e. The fraction of sp³-hybridized carbons (Fsp3) is 0.923. The van der Waals surface area contributed by atoms with Gasteiger partial charge in [0.15, 0.2) is 5.96 Å². The van der Waals surface area contributed by atoms with Gasteiger partial charge in [0.1, 0.15) is 0 Å². The van der Waals surface area contributed by atoms with E-state index in [0.29, 0.717) is 11.5 Å². The Bertz CT molecular complexity index is 275. The van der Waals surface area contributed by atoms with Crippen molar-refractivity contribution in [3.63, 3.8) is 0 Å². The zero-order chi connectivity index (χ0) is 12.1. The lowest BCUT2D eigenvalue weighted by Crippen LogP contribution is -2.46. The molecule has 0 spiro atoms. The van der Waals surface area contributed by atoms with Crippen molar-refractivity contribution in [2.45, 2.75) is 45.1 Å². The van der Waals surface area contributed by atoms with Crippen LogP contribution < -0.4 is 10.6 Å². The van der Waals surface area contributed by atoms with E-state index in [2.05, 4.69) is 22.5 Å². The summed E-state index contributed by atoms with van der Waals surface area (Å²) in [5.41, 5.74) is 0.399. The standard InChI is InChI=1S/C13H25N3O.HI/c1-13(6-4-11(17-2)5-7-13)10-16-12-14-8-3-9-15-12;/h11H,3-10H2,1-2H3,(H2,14,15,16);1H. The van der Waals surface area contributed by atoms with Crippen LogP contribution in [0.3, 0.4) is 0 Å². The Hall–Kier alpha value is -0.0400. The summed E-state index contributed by atoms with van der Waals surface area (Å²) in [6, 6.07) is 0. The van der Waals surface area contributed by atoms with E-state index in [0.717, 1.165) is 32.0 Å². The van der Waals surface area contributed by atoms with E-state index in [1.165, 1.54) is 25.7 Å². The third-order valence-electron chi connectivity index (χ3n) is 4.05. The Labute approximate surface area is 127 Å². The zero-order valence-electron chi connectivity index (χ0n) is 11.5. The molecule has 2 aliphatic rings. The Morgan fingerprint density at radius 1 is 1.44 bits per heavy atom. The highest BCUT2D eigenvalue weighted by atomic mass is 127. The lowest BCUT2D eigenvalue weighted by Gasteiger charge is -2.37. The molecule has 0 aromatic rings. The molecular formula is C13H26IN3O. The van der Waals surface area contributed by atoms with Crippen LogP contribution in [-0.2, 0) is 4.74 Å². The van der Waals surface area contributed by atoms with Gasteiger partial charge in [-0.15, -0.1) is 24.0 Å². The number of rotatable bonds is 3. The summed E-state index contributed by atoms with van der Waals surface area (Å²) in [6.07, 6.45) is 6.49. The van der Waals surface area contributed by atoms with E-state index in [-0.39, 0.29) is 24.0 Å². The van der Waals surface area contributed by atoms with Crippen LogP contribution in [0.5, 0.6) is 0 Å². The Balaban J connectivity index is 0.00000162. The summed E-state index contributed by atoms with van der Waals surface area (Å²) < 4.78 is 5.42. The van der Waals surface area contributed by atoms with Crippen LogP contribution in [0, 0.1) is 5.41 Å². The SMILES string of the molecule is COC1CCC(C)(CNC2=NCCCN2)CC1.I. The van der Waals surface area contributed by atoms with Crippen LogP contribution in [0.15, 0.2) is 4.99 Å². The summed E-state index contributed by atoms with van der Waals surface area (Å²) in [4.78, 5) is 4.45. The minimum absolute atomic E-state index is 0. The quantitative estimate of drug-likeness (QED) is 0.752. The van der Waals surface area contributed by atoms with Gasteiger partial charge in [-0.3, -0.25) is 4.99 Å². The fourth-order valence-corrected chi connectivity index (χ4v) is 2.65. The van der Waals surface area contributed by atoms with Gasteiger partial charge in [0.2, 0.25) is 0 Å². The number of halogens is 1. The lowest BCUT2D eigenvalue weighted by molar-refractivity contribution is 0.0338. The molecule has 106 valence electrons. The summed E-state index contributed by atoms with van der Waals surface area (Å²) in [7, 11) is 1.83. The minimum Gasteiger partial charge on any atom is -0.381 e. The Morgan fingerprint density at radius 2 is 2.17 bits per heavy atom. The minimum atomic E-state index is 0. The molecule has 0 amide bonds. The number of nitrogens with one attached hydrogen (secondary N) is 2. The maximum atomic E-state index is 5.42. The number of hydrogen-bond donors (Lipinski definition) is 2. The first-order valence-corrected chi connectivity index (χ1v) is 6.77. The predicted octanol–water partition coefficient (Wildman–Crippen LogP) is 2.14. The van der Waals surface area contributed by atoms with Crippen LogP contribution in [-0.4, -0.2) is 38.8 Å². The number of ether oxygens (including phenoxy) is 1. The molecule has 2 N–H and O–H groups in total. The zero-order valence-corrected chi connectivity index (χ0v) is 13.8. The highest BCUT2D eigenvalue weighted by Crippen LogP contribution is 2.36. The van der Waals surface area contributed by atoms with E-state index >= 15 is 0 Å². The van der Waals surface area contributed by atoms with Gasteiger partial charge < -0.3 is 15.4 Å². The molecule has 1 saturated carbocycles. The summed E-state index contributed by atoms with van der Waals surface area (Å²) in [6.45, 7) is 5.40. The van der Waals surface area contributed by atoms with Crippen molar-refractivity contribution >= 4 is 29.9 Å². The summed E-state index contributed by atoms with van der Waals surface area (Å²) in [5.74, 6) is 0.992. The van der Waals surface area contributed by atoms with Crippen molar-refractivity contribution in [2.24, 2.45) is 10.4 Å². The van der Waals surface area contributed by atoms with Gasteiger partial charge in [-0.1, -0.05) is 6.92 Å². The molecule has 0 saturated heterocycles. The van der Waals surface area contributed by atoms with E-state index in [1.54, 1.807) is 0 Å². The second kappa shape index (κ2) is 7.53. The van der Waals surface area contributed by atoms with Gasteiger partial charge in [-0.25, -0.2) is 0 Å². The third-order valence-corrected chi connectivity index (χ3v) is 4.05. The molecular weight excluding hydrogens is 341 g/mol. The highest BCUT2D eigenvalue weighted by molar-refractivity contribution is 14.0. The van der Waals surface area contributed by atoms with Crippen molar-refractivity contribution in [2.75, 3.05) is 26.7 Å². The molecule has 5 heteroatoms. The van der Waals surface area contributed by atoms with Crippen molar-refractivity contribution in [3.05, 3.63) is 0 Å². The van der Waals surface area contributed by atoms with Gasteiger partial charge in [0.25, 0.3) is 0 Å². The van der Waals surface area contributed by atoms with E-state index in [1.807, 2.05) is 7.11 Å². The van der Waals surface area contributed by atoms with E-state index in [4.69, 9.17) is 4.74 Å². The number of hydrogen-bond acceptors (Lipinski definition) is 4. The number of guanidine groups is 1. The maximum Gasteiger partial charge on any atom is 0.191 e. The average molecular weight is 367 g/mol. The molecule has 1 aliphatic heterocycles. The van der Waals surface area contributed by atoms with E-state index < -0.39 is 0 Å². The van der Waals surface area contributed by atoms with Gasteiger partial charge in [0.05, 0.1) is 6.10 Å². The first kappa shape index (κ1) is 16.0. The molecule has 0 atom stereocenters. The second-order valence-electron chi connectivity index (χ2n) is 5.61. The second-order valence-corrected chi connectivity index (χ2v) is 5.61. The Morgan fingerprint density at radius 3 is 2.72 bits per heavy atom. The van der Waals surface area contributed by atoms with Gasteiger partial charge >= 0.3 is 0 Å². The van der Waals surface area contributed by atoms with Crippen LogP contribution in [0.2, 0.25) is 0 Å². The van der Waals surface area contributed by atoms with Gasteiger partial charge in [-0.05, 0) is 37.5 Å². The Kier molecular flexibility index (Phi) is 6.70. The maximum absolute atomic E-state index is 5.42. The monoisotopic (exact) mass is 367 g/mol. The highest BCUT2D eigenvalue weighted by Gasteiger charge is 2.31. The smallest absolute Gasteiger partial charge is 0.191 e. The third kappa shape index (κ3) is 4.57. The number of aliphatic imine (C=N–C) groups is 1. The normalized spacial score (nSPS) is 31.9. The molecule has 0 bridgehead atoms. The number of methoxy groups -OCH3 is 1. The summed E-state index contributed by atoms with van der Waals surface area (Å²) in [5, 5.41) is 6.77. The molecule has 1 heterocycles. The van der Waals surface area contributed by atoms with Crippen LogP contribution in [0.25, 0.3) is 0 Å². The van der Waals surface area contributed by atoms with Crippen LogP contribution >= 0.6 is 24.0 Å². The molecule has 2 rings (SSSR count). The van der Waals surface area contributed by atoms with Crippen molar-refractivity contribution in [3.8, 4) is 0 Å². The first-order valence-electron chi connectivity index (χ1n) is 6.77. The molecule has 0 unspecified atom stereocenters. The van der Waals surface area contributed by atoms with Crippen molar-refractivity contribution in [1.82, 2.24) is 10.6 Å². The number of nitrogens with zero attached hydrogens (tertiary/aromatic N) is 1. The first-order chi connectivity index (χ1) is 8.22. The lowest BCUT2D eigenvalue weighted by atomic mass is 9.74. The van der Waals surface area contributed by atoms with Crippen molar-refractivity contribution < 1.29 is 4.74 Å². The molecule has 0 radical (unpaired) electrons. The molecule has 18 heavy (non-hydrogen) atoms. The van der Waals surface area contributed by atoms with E-state index in [9.17, 15) is 0 Å². The van der Waals surface area contributed by atoms with Crippen molar-refractivity contribution in [1.29, 1.82) is 0 Å². The van der Waals surface area contributed by atoms with Gasteiger partial charge in [-0.2, -0.15) is 0 Å². The topological polar surface area (TPSA) is 45.6 Å². The fourth-order valence-electron chi connectivity index (χ4n) is 2.65. The molecule has 1 aliphatic carbocycles. The van der Waals surface area contributed by atoms with Crippen LogP contribution in [0.4, 0.5) is 0 Å². The summed E-state index contributed by atoms with van der Waals surface area (Å²) >= 11 is 0. The molecule has 0 aromatic carbocycles.